The van der Waals surface area contributed by atoms with Crippen molar-refractivity contribution in [3.8, 4) is 5.75 Å². The average Bonchev–Trinajstić information content (AvgIpc) is 2.81. The summed E-state index contributed by atoms with van der Waals surface area (Å²) in [4.78, 5) is 11.5. The number of hydrazine groups is 1. The topological polar surface area (TPSA) is 77.5 Å². The highest BCUT2D eigenvalue weighted by atomic mass is 16.5. The number of nitrogens with two attached hydrogens (primary N) is 1. The third kappa shape index (κ3) is 3.25. The Morgan fingerprint density at radius 1 is 1.19 bits per heavy atom. The van der Waals surface area contributed by atoms with Gasteiger partial charge >= 0.3 is 5.91 Å². The molecule has 0 aliphatic carbocycles. The molecular weight excluding hydrogens is 268 g/mol. The van der Waals surface area contributed by atoms with E-state index in [4.69, 9.17) is 15.0 Å². The molecule has 21 heavy (non-hydrogen) atoms. The Morgan fingerprint density at radius 3 is 2.57 bits per heavy atom. The molecule has 5 nitrogen and oxygen atoms in total. The van der Waals surface area contributed by atoms with Crippen LogP contribution in [0.15, 0.2) is 22.6 Å². The smallest absolute Gasteiger partial charge is 0.301 e. The zero-order valence-electron chi connectivity index (χ0n) is 12.7. The first-order chi connectivity index (χ1) is 9.92. The standard InChI is InChI=1S/C16H20N2O3/c1-9-5-10(2)12(4)14(6-9)20-8-13-7-11(3)15(21-13)16(19)18-17/h5-7H,8,17H2,1-4H3,(H,18,19). The lowest BCUT2D eigenvalue weighted by atomic mass is 10.1. The van der Waals surface area contributed by atoms with Crippen molar-refractivity contribution < 1.29 is 13.9 Å². The van der Waals surface area contributed by atoms with Gasteiger partial charge in [-0.25, -0.2) is 5.84 Å². The number of benzene rings is 1. The van der Waals surface area contributed by atoms with E-state index in [1.54, 1.807) is 13.0 Å². The molecule has 0 spiro atoms. The van der Waals surface area contributed by atoms with Crippen LogP contribution in [0.2, 0.25) is 0 Å². The predicted octanol–water partition coefficient (Wildman–Crippen LogP) is 2.70. The van der Waals surface area contributed by atoms with E-state index in [0.717, 1.165) is 22.4 Å². The van der Waals surface area contributed by atoms with Gasteiger partial charge in [0.2, 0.25) is 0 Å². The Hall–Kier alpha value is -2.27. The van der Waals surface area contributed by atoms with Crippen LogP contribution in [0.1, 0.15) is 38.6 Å². The predicted molar refractivity (Wildman–Crippen MR) is 80.1 cm³/mol. The highest BCUT2D eigenvalue weighted by Gasteiger charge is 2.15. The quantitative estimate of drug-likeness (QED) is 0.515. The Balaban J connectivity index is 2.16. The molecule has 5 heteroatoms. The van der Waals surface area contributed by atoms with Crippen molar-refractivity contribution in [2.24, 2.45) is 5.84 Å². The number of hydrogen-bond donors (Lipinski definition) is 2. The summed E-state index contributed by atoms with van der Waals surface area (Å²) in [5, 5.41) is 0. The summed E-state index contributed by atoms with van der Waals surface area (Å²) in [5.41, 5.74) is 6.22. The van der Waals surface area contributed by atoms with Gasteiger partial charge in [-0.05, 0) is 56.5 Å². The van der Waals surface area contributed by atoms with Gasteiger partial charge in [0.1, 0.15) is 18.1 Å². The van der Waals surface area contributed by atoms with E-state index in [9.17, 15) is 4.79 Å². The normalized spacial score (nSPS) is 10.5. The van der Waals surface area contributed by atoms with E-state index in [2.05, 4.69) is 18.4 Å². The summed E-state index contributed by atoms with van der Waals surface area (Å²) >= 11 is 0. The van der Waals surface area contributed by atoms with Crippen LogP contribution in [-0.4, -0.2) is 5.91 Å². The number of nitrogen functional groups attached to an aromatic ring is 1. The van der Waals surface area contributed by atoms with Crippen molar-refractivity contribution in [1.29, 1.82) is 0 Å². The van der Waals surface area contributed by atoms with Crippen LogP contribution < -0.4 is 16.0 Å². The maximum absolute atomic E-state index is 11.5. The van der Waals surface area contributed by atoms with Gasteiger partial charge in [0.05, 0.1) is 0 Å². The number of aryl methyl sites for hydroxylation is 3. The molecule has 0 aliphatic heterocycles. The van der Waals surface area contributed by atoms with E-state index < -0.39 is 5.91 Å². The highest BCUT2D eigenvalue weighted by molar-refractivity contribution is 5.92. The van der Waals surface area contributed by atoms with Crippen LogP contribution >= 0.6 is 0 Å². The molecule has 1 aromatic carbocycles. The van der Waals surface area contributed by atoms with E-state index >= 15 is 0 Å². The van der Waals surface area contributed by atoms with Crippen LogP contribution in [0.5, 0.6) is 5.75 Å². The largest absolute Gasteiger partial charge is 0.485 e. The van der Waals surface area contributed by atoms with Gasteiger partial charge < -0.3 is 9.15 Å². The summed E-state index contributed by atoms with van der Waals surface area (Å²) in [6.07, 6.45) is 0. The van der Waals surface area contributed by atoms with E-state index in [1.807, 2.05) is 19.9 Å². The second kappa shape index (κ2) is 6.01. The molecule has 1 amide bonds. The third-order valence-corrected chi connectivity index (χ3v) is 3.44. The minimum Gasteiger partial charge on any atom is -0.485 e. The Kier molecular flexibility index (Phi) is 4.33. The Bertz CT molecular complexity index is 674. The maximum atomic E-state index is 11.5. The van der Waals surface area contributed by atoms with Crippen LogP contribution in [-0.2, 0) is 6.61 Å². The summed E-state index contributed by atoms with van der Waals surface area (Å²) < 4.78 is 11.3. The summed E-state index contributed by atoms with van der Waals surface area (Å²) in [6.45, 7) is 8.16. The summed E-state index contributed by atoms with van der Waals surface area (Å²) in [7, 11) is 0. The molecule has 1 aromatic heterocycles. The van der Waals surface area contributed by atoms with Crippen molar-refractivity contribution in [1.82, 2.24) is 5.43 Å². The first-order valence-electron chi connectivity index (χ1n) is 6.73. The molecule has 3 N–H and O–H groups in total. The molecule has 1 heterocycles. The Labute approximate surface area is 124 Å². The van der Waals surface area contributed by atoms with E-state index in [-0.39, 0.29) is 12.4 Å². The number of amides is 1. The van der Waals surface area contributed by atoms with Gasteiger partial charge in [-0.2, -0.15) is 0 Å². The van der Waals surface area contributed by atoms with Gasteiger partial charge in [0, 0.05) is 5.56 Å². The molecule has 112 valence electrons. The summed E-state index contributed by atoms with van der Waals surface area (Å²) in [5.74, 6) is 6.30. The highest BCUT2D eigenvalue weighted by Crippen LogP contribution is 2.25. The minimum atomic E-state index is -0.443. The van der Waals surface area contributed by atoms with Crippen molar-refractivity contribution in [3.05, 3.63) is 52.0 Å². The Morgan fingerprint density at radius 2 is 1.90 bits per heavy atom. The second-order valence-corrected chi connectivity index (χ2v) is 5.19. The molecule has 0 unspecified atom stereocenters. The number of rotatable bonds is 4. The fourth-order valence-corrected chi connectivity index (χ4v) is 2.21. The van der Waals surface area contributed by atoms with E-state index in [1.165, 1.54) is 5.56 Å². The van der Waals surface area contributed by atoms with Gasteiger partial charge in [0.15, 0.2) is 5.76 Å². The summed E-state index contributed by atoms with van der Waals surface area (Å²) in [6, 6.07) is 5.89. The number of ether oxygens (including phenoxy) is 1. The number of carbonyl (C=O) groups excluding carboxylic acids is 1. The molecule has 2 aromatic rings. The van der Waals surface area contributed by atoms with Crippen LogP contribution in [0, 0.1) is 27.7 Å². The molecule has 0 atom stereocenters. The molecule has 0 aliphatic rings. The molecule has 0 saturated heterocycles. The van der Waals surface area contributed by atoms with Crippen molar-refractivity contribution in [3.63, 3.8) is 0 Å². The second-order valence-electron chi connectivity index (χ2n) is 5.19. The number of furan rings is 1. The molecule has 0 radical (unpaired) electrons. The molecule has 0 fully saturated rings. The molecule has 0 saturated carbocycles. The lowest BCUT2D eigenvalue weighted by Gasteiger charge is -2.11. The number of carbonyl (C=O) groups is 1. The van der Waals surface area contributed by atoms with Gasteiger partial charge in [-0.3, -0.25) is 10.2 Å². The fraction of sp³-hybridized carbons (Fsp3) is 0.312. The molecule has 2 rings (SSSR count). The average molecular weight is 288 g/mol. The first kappa shape index (κ1) is 15.1. The van der Waals surface area contributed by atoms with Crippen LogP contribution in [0.4, 0.5) is 0 Å². The molecular formula is C16H20N2O3. The number of hydrogen-bond acceptors (Lipinski definition) is 4. The lowest BCUT2D eigenvalue weighted by molar-refractivity contribution is 0.0921. The van der Waals surface area contributed by atoms with Crippen LogP contribution in [0.3, 0.4) is 0 Å². The zero-order chi connectivity index (χ0) is 15.6. The van der Waals surface area contributed by atoms with Crippen molar-refractivity contribution >= 4 is 5.91 Å². The van der Waals surface area contributed by atoms with E-state index in [0.29, 0.717) is 5.76 Å². The van der Waals surface area contributed by atoms with Gasteiger partial charge in [-0.15, -0.1) is 0 Å². The van der Waals surface area contributed by atoms with Gasteiger partial charge in [0.25, 0.3) is 0 Å². The maximum Gasteiger partial charge on any atom is 0.301 e. The first-order valence-corrected chi connectivity index (χ1v) is 6.73. The van der Waals surface area contributed by atoms with Crippen molar-refractivity contribution in [2.45, 2.75) is 34.3 Å². The third-order valence-electron chi connectivity index (χ3n) is 3.44. The lowest BCUT2D eigenvalue weighted by Crippen LogP contribution is -2.30. The zero-order valence-corrected chi connectivity index (χ0v) is 12.7. The monoisotopic (exact) mass is 288 g/mol. The fourth-order valence-electron chi connectivity index (χ4n) is 2.21. The van der Waals surface area contributed by atoms with Crippen LogP contribution in [0.25, 0.3) is 0 Å². The van der Waals surface area contributed by atoms with Crippen molar-refractivity contribution in [2.75, 3.05) is 0 Å². The SMILES string of the molecule is Cc1cc(C)c(C)c(OCc2cc(C)c(C(=O)NN)o2)c1. The van der Waals surface area contributed by atoms with Gasteiger partial charge in [-0.1, -0.05) is 6.07 Å². The minimum absolute atomic E-state index is 0.216. The molecule has 0 bridgehead atoms. The number of nitrogens with one attached hydrogen (secondary N) is 1.